The van der Waals surface area contributed by atoms with E-state index in [-0.39, 0.29) is 46.0 Å². The maximum atomic E-state index is 14.3. The second-order valence-corrected chi connectivity index (χ2v) is 29.0. The Bertz CT molecular complexity index is 4900. The van der Waals surface area contributed by atoms with Crippen LogP contribution >= 0.6 is 31.3 Å². The molecule has 0 radical (unpaired) electrons. The molecule has 53 heteroatoms. The third-order valence-corrected chi connectivity index (χ3v) is 20.5. The quantitative estimate of drug-likeness (QED) is 0.0225. The fraction of sp³-hybridized carbons (Fsp3) is 0.551. The van der Waals surface area contributed by atoms with Crippen LogP contribution in [0.2, 0.25) is 0 Å². The Morgan fingerprint density at radius 1 is 0.529 bits per heavy atom. The van der Waals surface area contributed by atoms with Gasteiger partial charge in [0.15, 0.2) is 41.3 Å². The third-order valence-electron chi connectivity index (χ3n) is 16.6. The van der Waals surface area contributed by atoms with Crippen molar-refractivity contribution in [3.63, 3.8) is 0 Å². The van der Waals surface area contributed by atoms with Crippen molar-refractivity contribution >= 4 is 71.2 Å². The third kappa shape index (κ3) is 15.5. The Morgan fingerprint density at radius 2 is 0.990 bits per heavy atom. The first-order chi connectivity index (χ1) is 48.1. The minimum Gasteiger partial charge on any atom is -0.394 e. The van der Waals surface area contributed by atoms with Gasteiger partial charge in [-0.25, -0.2) is 52.6 Å². The lowest BCUT2D eigenvalue weighted by molar-refractivity contribution is -0.0648. The summed E-state index contributed by atoms with van der Waals surface area (Å²) in [6, 6.07) is 1.08. The lowest BCUT2D eigenvalue weighted by Gasteiger charge is -2.27. The van der Waals surface area contributed by atoms with Crippen molar-refractivity contribution in [3.05, 3.63) is 117 Å². The summed E-state index contributed by atoms with van der Waals surface area (Å²) in [5, 5.41) is 56.1. The monoisotopic (exact) mass is 1530 g/mol. The zero-order chi connectivity index (χ0) is 73.4. The average molecular weight is 1530 g/mol. The highest BCUT2D eigenvalue weighted by Crippen LogP contribution is 2.55. The summed E-state index contributed by atoms with van der Waals surface area (Å²) >= 11 is 0. The van der Waals surface area contributed by atoms with Crippen molar-refractivity contribution in [1.82, 2.24) is 67.7 Å². The predicted molar refractivity (Wildman–Crippen MR) is 330 cm³/mol. The molecule has 5 fully saturated rings. The second kappa shape index (κ2) is 28.9. The fourth-order valence-corrected chi connectivity index (χ4v) is 15.5. The minimum absolute atomic E-state index is 0.0299. The molecule has 7 unspecified atom stereocenters. The van der Waals surface area contributed by atoms with Crippen LogP contribution in [0.5, 0.6) is 0 Å². The van der Waals surface area contributed by atoms with Gasteiger partial charge in [0, 0.05) is 42.6 Å². The number of aromatic nitrogens is 14. The molecule has 5 saturated heterocycles. The summed E-state index contributed by atoms with van der Waals surface area (Å²) in [6.07, 6.45) is -27.4. The van der Waals surface area contributed by atoms with Crippen LogP contribution in [0.3, 0.4) is 0 Å². The first-order valence-corrected chi connectivity index (χ1v) is 35.9. The summed E-state index contributed by atoms with van der Waals surface area (Å²) in [7, 11) is -22.6. The largest absolute Gasteiger partial charge is 0.472 e. The number of anilines is 3. The Kier molecular flexibility index (Phi) is 21.1. The molecule has 22 atom stereocenters. The number of imidazole rings is 2. The van der Waals surface area contributed by atoms with Crippen molar-refractivity contribution in [2.45, 2.75) is 137 Å². The van der Waals surface area contributed by atoms with Gasteiger partial charge in [-0.15, -0.1) is 0 Å². The van der Waals surface area contributed by atoms with E-state index >= 15 is 0 Å². The maximum Gasteiger partial charge on any atom is 0.472 e. The molecular weight excluding hydrogens is 1460 g/mol. The summed E-state index contributed by atoms with van der Waals surface area (Å²) in [6.45, 7) is -2.89. The van der Waals surface area contributed by atoms with Crippen molar-refractivity contribution in [3.8, 4) is 0 Å². The molecule has 12 heterocycles. The van der Waals surface area contributed by atoms with Crippen LogP contribution in [-0.2, 0) is 78.1 Å². The Balaban J connectivity index is 0.760. The molecule has 12 rings (SSSR count). The number of rotatable bonds is 26. The number of aromatic amines is 3. The number of aliphatic hydroxyl groups is 5. The standard InChI is InChI=1S/C49H63N17O32P4/c1-17-7-63(48(76)60-40(17)72)27-5-19(68)22(90-27)10-86-99(78,79)95-20-6-28(64-8-18(2)41(73)61-49(64)77)91-23(20)11-87-100(80,81)98-36-25(94-45(33(36)71)66-16-56-30-39(66)58-46(52)59-42(30)74)13-89-102(84,85)97-35-24(93-43(32(35)70)62-4-3-26(50)57-47(62)75)12-88-101(82,83)96-34-21(9-67)92-44(31(34)69)65-15-55-29-37(51)53-14-54-38(29)65/h3-4,7-8,14-16,19-25,27-28,31-36,43-45,67-71H,5-6,9-13H2,1-2H3,(H,78,79)(H,80,81)(H,82,83)(H,84,85)(H2,50,57,75)(H2,51,53,54)(H,60,72,76)(H,61,73,77)(H3,52,58,59,74)/t19-,20-,21-,22-,23-,24-,25-,27-,28-,31?,32?,33?,34+,35+,36+,43-,44-,45-/m1/s1. The highest BCUT2D eigenvalue weighted by Gasteiger charge is 2.55. The van der Waals surface area contributed by atoms with E-state index in [2.05, 4.69) is 39.9 Å². The Hall–Kier alpha value is -7.42. The summed E-state index contributed by atoms with van der Waals surface area (Å²) in [5.74, 6) is -0.849. The van der Waals surface area contributed by atoms with Gasteiger partial charge in [0.25, 0.3) is 16.7 Å². The van der Waals surface area contributed by atoms with Gasteiger partial charge >= 0.3 is 48.4 Å². The molecule has 0 aromatic carbocycles. The van der Waals surface area contributed by atoms with Crippen LogP contribution in [0, 0.1) is 13.8 Å². The van der Waals surface area contributed by atoms with E-state index in [0.717, 1.165) is 51.1 Å². The number of nitrogen functional groups attached to an aromatic ring is 3. The van der Waals surface area contributed by atoms with Gasteiger partial charge < -0.3 is 86.0 Å². The first-order valence-electron chi connectivity index (χ1n) is 29.9. The van der Waals surface area contributed by atoms with Gasteiger partial charge in [-0.1, -0.05) is 0 Å². The van der Waals surface area contributed by atoms with Crippen LogP contribution in [0.15, 0.2) is 72.4 Å². The number of hydrogen-bond donors (Lipinski definition) is 15. The Labute approximate surface area is 565 Å². The topological polar surface area (TPSA) is 700 Å². The summed E-state index contributed by atoms with van der Waals surface area (Å²) in [4.78, 5) is 151. The lowest BCUT2D eigenvalue weighted by Crippen LogP contribution is -2.39. The smallest absolute Gasteiger partial charge is 0.394 e. The van der Waals surface area contributed by atoms with Crippen LogP contribution in [0.4, 0.5) is 17.6 Å². The van der Waals surface area contributed by atoms with E-state index in [4.69, 9.17) is 77.1 Å². The molecule has 0 aliphatic carbocycles. The highest BCUT2D eigenvalue weighted by molar-refractivity contribution is 7.48. The number of nitrogens with zero attached hydrogens (tertiary/aromatic N) is 11. The van der Waals surface area contributed by atoms with Crippen molar-refractivity contribution in [2.24, 2.45) is 0 Å². The van der Waals surface area contributed by atoms with Gasteiger partial charge in [0.2, 0.25) is 5.95 Å². The van der Waals surface area contributed by atoms with E-state index in [1.807, 2.05) is 4.98 Å². The number of aryl methyl sites for hydroxylation is 2. The van der Waals surface area contributed by atoms with E-state index in [9.17, 15) is 92.1 Å². The van der Waals surface area contributed by atoms with E-state index < -0.39 is 226 Å². The number of nitrogens with two attached hydrogens (primary N) is 3. The number of phosphoric ester groups is 4. The first kappa shape index (κ1) is 74.3. The molecular formula is C49H63N17O32P4. The van der Waals surface area contributed by atoms with Gasteiger partial charge in [0.05, 0.1) is 51.8 Å². The SMILES string of the molecule is Cc1cn([C@H]2C[C@@H](O)[C@@H](COP(=O)(O)O[C@@H]3C[C@H](n4cc(C)c(=O)[nH]c4=O)O[C@@H]3COP(=O)(O)O[C@@H]3C(O)[C@H](n4cnc5c(=O)[nH]c(N)nc54)O[C@@H]3COP(=O)(O)O[C@@H]3C(O)[C@H](n4ccc(N)nc4=O)O[C@@H]3COP(=O)(O)O[C@@H]3C(O)[C@H](n4cnc5c(N)ncnc54)O[C@@H]3CO)O2)c(=O)[nH]c1=O. The van der Waals surface area contributed by atoms with Crippen molar-refractivity contribution in [1.29, 1.82) is 0 Å². The van der Waals surface area contributed by atoms with Crippen LogP contribution < -0.4 is 50.9 Å². The van der Waals surface area contributed by atoms with E-state index in [1.54, 1.807) is 0 Å². The molecule has 556 valence electrons. The summed E-state index contributed by atoms with van der Waals surface area (Å²) < 4.78 is 132. The molecule has 0 amide bonds. The zero-order valence-corrected chi connectivity index (χ0v) is 55.8. The lowest BCUT2D eigenvalue weighted by atomic mass is 10.1. The molecule has 0 bridgehead atoms. The maximum absolute atomic E-state index is 14.3. The fourth-order valence-electron chi connectivity index (χ4n) is 11.7. The molecule has 0 spiro atoms. The number of aliphatic hydroxyl groups excluding tert-OH is 5. The molecule has 7 aromatic rings. The predicted octanol–water partition coefficient (Wildman–Crippen LogP) is -5.61. The highest BCUT2D eigenvalue weighted by atomic mass is 31.2. The second-order valence-electron chi connectivity index (χ2n) is 23.4. The zero-order valence-electron chi connectivity index (χ0n) is 52.2. The average Bonchev–Trinajstić information content (AvgIpc) is 1.62. The number of nitrogens with one attached hydrogen (secondary N) is 3. The number of hydrogen-bond acceptors (Lipinski definition) is 37. The molecule has 18 N–H and O–H groups in total. The van der Waals surface area contributed by atoms with Crippen LogP contribution in [0.1, 0.15) is 55.1 Å². The van der Waals surface area contributed by atoms with Gasteiger partial charge in [-0.05, 0) is 19.9 Å². The molecule has 0 saturated carbocycles. The number of ether oxygens (including phenoxy) is 5. The van der Waals surface area contributed by atoms with Crippen molar-refractivity contribution < 1.29 is 123 Å². The molecule has 102 heavy (non-hydrogen) atoms. The molecule has 49 nitrogen and oxygen atoms in total. The normalized spacial score (nSPS) is 31.4. The molecule has 7 aromatic heterocycles. The number of phosphoric acid groups is 4. The van der Waals surface area contributed by atoms with E-state index in [0.29, 0.717) is 4.57 Å². The summed E-state index contributed by atoms with van der Waals surface area (Å²) in [5.41, 5.74) is 11.2. The molecule has 5 aliphatic rings. The van der Waals surface area contributed by atoms with Crippen LogP contribution in [0.25, 0.3) is 22.3 Å². The van der Waals surface area contributed by atoms with Gasteiger partial charge in [-0.2, -0.15) is 9.97 Å². The van der Waals surface area contributed by atoms with Crippen LogP contribution in [-0.4, -0.2) is 225 Å². The van der Waals surface area contributed by atoms with E-state index in [1.165, 1.54) is 24.6 Å². The minimum atomic E-state index is -5.85. The number of fused-ring (bicyclic) bond motifs is 2. The number of H-pyrrole nitrogens is 3. The van der Waals surface area contributed by atoms with Gasteiger partial charge in [-0.3, -0.25) is 88.4 Å². The molecule has 5 aliphatic heterocycles. The Morgan fingerprint density at radius 3 is 1.53 bits per heavy atom. The van der Waals surface area contributed by atoms with Crippen molar-refractivity contribution in [2.75, 3.05) is 50.2 Å². The van der Waals surface area contributed by atoms with Gasteiger partial charge in [0.1, 0.15) is 103 Å².